The van der Waals surface area contributed by atoms with E-state index in [1.807, 2.05) is 7.05 Å². The number of hydrogen-bond donors (Lipinski definition) is 1. The summed E-state index contributed by atoms with van der Waals surface area (Å²) < 4.78 is 0. The lowest BCUT2D eigenvalue weighted by atomic mass is 10.1. The van der Waals surface area contributed by atoms with Gasteiger partial charge in [-0.25, -0.2) is 0 Å². The molecule has 0 spiro atoms. The summed E-state index contributed by atoms with van der Waals surface area (Å²) in [6.45, 7) is 4.11. The van der Waals surface area contributed by atoms with E-state index >= 15 is 0 Å². The molecule has 0 radical (unpaired) electrons. The Labute approximate surface area is 50.1 Å². The molecule has 0 fully saturated rings. The van der Waals surface area contributed by atoms with Gasteiger partial charge in [0.1, 0.15) is 0 Å². The van der Waals surface area contributed by atoms with E-state index in [2.05, 4.69) is 19.2 Å². The third-order valence-corrected chi connectivity index (χ3v) is 1.68. The van der Waals surface area contributed by atoms with Crippen molar-refractivity contribution in [1.82, 2.24) is 5.32 Å². The zero-order valence-corrected chi connectivity index (χ0v) is 5.84. The smallest absolute Gasteiger partial charge is 0.0400 e. The van der Waals surface area contributed by atoms with E-state index in [0.717, 1.165) is 0 Å². The Morgan fingerprint density at radius 2 is 2.00 bits per heavy atom. The molecule has 0 aromatic carbocycles. The summed E-state index contributed by atoms with van der Waals surface area (Å²) in [5, 5.41) is 3.06. The minimum Gasteiger partial charge on any atom is -0.314 e. The van der Waals surface area contributed by atoms with Gasteiger partial charge in [-0.1, -0.05) is 0 Å². The molecule has 0 atom stereocenters. The zero-order valence-electron chi connectivity index (χ0n) is 5.09. The highest BCUT2D eigenvalue weighted by atomic mass is 35.5. The van der Waals surface area contributed by atoms with Crippen molar-refractivity contribution in [1.29, 1.82) is 0 Å². The molecule has 0 aliphatic rings. The third kappa shape index (κ3) is 2.89. The van der Waals surface area contributed by atoms with Crippen LogP contribution in [-0.2, 0) is 0 Å². The quantitative estimate of drug-likeness (QED) is 0.542. The second-order valence-electron chi connectivity index (χ2n) is 2.27. The molecular formula is C5H12ClN. The SMILES string of the molecule is CNC(C)(C)CCl. The fraction of sp³-hybridized carbons (Fsp3) is 1.00. The van der Waals surface area contributed by atoms with E-state index in [4.69, 9.17) is 11.6 Å². The van der Waals surface area contributed by atoms with Gasteiger partial charge in [-0.05, 0) is 20.9 Å². The third-order valence-electron chi connectivity index (χ3n) is 1.01. The molecule has 44 valence electrons. The van der Waals surface area contributed by atoms with Crippen molar-refractivity contribution in [2.45, 2.75) is 19.4 Å². The summed E-state index contributed by atoms with van der Waals surface area (Å²) in [4.78, 5) is 0. The Balaban J connectivity index is 3.36. The van der Waals surface area contributed by atoms with Crippen LogP contribution in [0.1, 0.15) is 13.8 Å². The molecule has 0 bridgehead atoms. The Bertz CT molecular complexity index is 46.0. The molecule has 0 rings (SSSR count). The molecule has 0 unspecified atom stereocenters. The van der Waals surface area contributed by atoms with E-state index in [1.165, 1.54) is 0 Å². The lowest BCUT2D eigenvalue weighted by Crippen LogP contribution is -2.37. The van der Waals surface area contributed by atoms with Gasteiger partial charge < -0.3 is 5.32 Å². The predicted molar refractivity (Wildman–Crippen MR) is 33.9 cm³/mol. The highest BCUT2D eigenvalue weighted by Gasteiger charge is 2.10. The molecule has 0 saturated carbocycles. The van der Waals surface area contributed by atoms with Gasteiger partial charge in [0.2, 0.25) is 0 Å². The summed E-state index contributed by atoms with van der Waals surface area (Å²) in [6, 6.07) is 0. The second kappa shape index (κ2) is 2.53. The van der Waals surface area contributed by atoms with Crippen LogP contribution in [0, 0.1) is 0 Å². The standard InChI is InChI=1S/C5H12ClN/c1-5(2,4-6)7-3/h7H,4H2,1-3H3. The van der Waals surface area contributed by atoms with E-state index in [9.17, 15) is 0 Å². The Kier molecular flexibility index (Phi) is 2.62. The average molecular weight is 122 g/mol. The summed E-state index contributed by atoms with van der Waals surface area (Å²) in [6.07, 6.45) is 0. The largest absolute Gasteiger partial charge is 0.314 e. The number of rotatable bonds is 2. The van der Waals surface area contributed by atoms with Gasteiger partial charge in [0.15, 0.2) is 0 Å². The van der Waals surface area contributed by atoms with Crippen LogP contribution in [0.15, 0.2) is 0 Å². The number of nitrogens with one attached hydrogen (secondary N) is 1. The molecule has 0 amide bonds. The van der Waals surface area contributed by atoms with Crippen molar-refractivity contribution in [2.24, 2.45) is 0 Å². The van der Waals surface area contributed by atoms with Crippen LogP contribution in [0.3, 0.4) is 0 Å². The van der Waals surface area contributed by atoms with Crippen LogP contribution < -0.4 is 5.32 Å². The molecule has 0 aliphatic carbocycles. The average Bonchev–Trinajstić information content (AvgIpc) is 1.68. The first-order chi connectivity index (χ1) is 3.12. The second-order valence-corrected chi connectivity index (χ2v) is 2.53. The molecule has 0 aromatic rings. The fourth-order valence-electron chi connectivity index (χ4n) is 0.0668. The molecule has 0 aliphatic heterocycles. The van der Waals surface area contributed by atoms with Gasteiger partial charge in [-0.3, -0.25) is 0 Å². The molecule has 0 aromatic heterocycles. The maximum atomic E-state index is 5.53. The highest BCUT2D eigenvalue weighted by Crippen LogP contribution is 2.01. The molecule has 1 nitrogen and oxygen atoms in total. The lowest BCUT2D eigenvalue weighted by Gasteiger charge is -2.19. The van der Waals surface area contributed by atoms with E-state index in [-0.39, 0.29) is 5.54 Å². The van der Waals surface area contributed by atoms with Crippen LogP contribution in [0.2, 0.25) is 0 Å². The van der Waals surface area contributed by atoms with Crippen molar-refractivity contribution in [3.05, 3.63) is 0 Å². The minimum absolute atomic E-state index is 0.0988. The van der Waals surface area contributed by atoms with Gasteiger partial charge in [-0.2, -0.15) is 0 Å². The van der Waals surface area contributed by atoms with Crippen LogP contribution >= 0.6 is 11.6 Å². The molecular weight excluding hydrogens is 110 g/mol. The summed E-state index contributed by atoms with van der Waals surface area (Å²) in [5.74, 6) is 0.656. The Morgan fingerprint density at radius 3 is 2.00 bits per heavy atom. The van der Waals surface area contributed by atoms with E-state index in [1.54, 1.807) is 0 Å². The summed E-state index contributed by atoms with van der Waals surface area (Å²) in [7, 11) is 1.91. The van der Waals surface area contributed by atoms with Crippen LogP contribution in [-0.4, -0.2) is 18.5 Å². The van der Waals surface area contributed by atoms with Crippen LogP contribution in [0.4, 0.5) is 0 Å². The van der Waals surface area contributed by atoms with Gasteiger partial charge in [0.05, 0.1) is 0 Å². The van der Waals surface area contributed by atoms with Crippen LogP contribution in [0.25, 0.3) is 0 Å². The number of hydrogen-bond acceptors (Lipinski definition) is 1. The van der Waals surface area contributed by atoms with Gasteiger partial charge >= 0.3 is 0 Å². The van der Waals surface area contributed by atoms with Crippen molar-refractivity contribution in [3.8, 4) is 0 Å². The zero-order chi connectivity index (χ0) is 5.91. The Hall–Kier alpha value is 0.250. The minimum atomic E-state index is 0.0988. The molecule has 0 heterocycles. The fourth-order valence-corrected chi connectivity index (χ4v) is 0.200. The summed E-state index contributed by atoms with van der Waals surface area (Å²) in [5.41, 5.74) is 0.0988. The van der Waals surface area contributed by atoms with Gasteiger partial charge in [-0.15, -0.1) is 11.6 Å². The molecule has 7 heavy (non-hydrogen) atoms. The first-order valence-corrected chi connectivity index (χ1v) is 2.91. The maximum Gasteiger partial charge on any atom is 0.0400 e. The number of halogens is 1. The topological polar surface area (TPSA) is 12.0 Å². The molecule has 2 heteroatoms. The summed E-state index contributed by atoms with van der Waals surface area (Å²) >= 11 is 5.53. The maximum absolute atomic E-state index is 5.53. The molecule has 1 N–H and O–H groups in total. The van der Waals surface area contributed by atoms with Crippen molar-refractivity contribution >= 4 is 11.6 Å². The van der Waals surface area contributed by atoms with Crippen molar-refractivity contribution in [2.75, 3.05) is 12.9 Å². The van der Waals surface area contributed by atoms with Crippen molar-refractivity contribution in [3.63, 3.8) is 0 Å². The lowest BCUT2D eigenvalue weighted by molar-refractivity contribution is 0.475. The normalized spacial score (nSPS) is 12.0. The molecule has 0 saturated heterocycles. The first kappa shape index (κ1) is 7.25. The van der Waals surface area contributed by atoms with Crippen LogP contribution in [0.5, 0.6) is 0 Å². The highest BCUT2D eigenvalue weighted by molar-refractivity contribution is 6.18. The predicted octanol–water partition coefficient (Wildman–Crippen LogP) is 1.22. The monoisotopic (exact) mass is 121 g/mol. The van der Waals surface area contributed by atoms with Crippen molar-refractivity contribution < 1.29 is 0 Å². The van der Waals surface area contributed by atoms with E-state index in [0.29, 0.717) is 5.88 Å². The number of alkyl halides is 1. The van der Waals surface area contributed by atoms with Gasteiger partial charge in [0, 0.05) is 11.4 Å². The van der Waals surface area contributed by atoms with E-state index < -0.39 is 0 Å². The van der Waals surface area contributed by atoms with Gasteiger partial charge in [0.25, 0.3) is 0 Å². The first-order valence-electron chi connectivity index (χ1n) is 2.37. The Morgan fingerprint density at radius 1 is 1.57 bits per heavy atom.